The summed E-state index contributed by atoms with van der Waals surface area (Å²) in [6.45, 7) is 3.52. The van der Waals surface area contributed by atoms with Gasteiger partial charge in [0.1, 0.15) is 0 Å². The van der Waals surface area contributed by atoms with Crippen LogP contribution in [0.2, 0.25) is 0 Å². The van der Waals surface area contributed by atoms with Gasteiger partial charge in [0, 0.05) is 10.9 Å². The van der Waals surface area contributed by atoms with Crippen molar-refractivity contribution in [3.63, 3.8) is 0 Å². The van der Waals surface area contributed by atoms with Crippen LogP contribution in [0.4, 0.5) is 0 Å². The zero-order chi connectivity index (χ0) is 14.8. The van der Waals surface area contributed by atoms with Crippen LogP contribution >= 0.6 is 15.9 Å². The Morgan fingerprint density at radius 2 is 2.00 bits per heavy atom. The molecule has 1 aliphatic carbocycles. The monoisotopic (exact) mass is 336 g/mol. The van der Waals surface area contributed by atoms with Gasteiger partial charge in [0.05, 0.1) is 5.56 Å². The lowest BCUT2D eigenvalue weighted by molar-refractivity contribution is -0.137. The second kappa shape index (κ2) is 5.92. The molecule has 1 aromatic rings. The summed E-state index contributed by atoms with van der Waals surface area (Å²) in [7, 11) is 0. The molecule has 0 saturated heterocycles. The van der Waals surface area contributed by atoms with E-state index in [0.29, 0.717) is 22.9 Å². The number of benzene rings is 1. The molecule has 0 aliphatic heterocycles. The van der Waals surface area contributed by atoms with Crippen LogP contribution in [0.15, 0.2) is 40.4 Å². The number of hydrogen-bond acceptors (Lipinski definition) is 3. The lowest BCUT2D eigenvalue weighted by Crippen LogP contribution is -2.43. The normalized spacial score (nSPS) is 22.1. The standard InChI is InChI=1S/C16H17BrO3/c1-11-7-9-16(10-8-11,12(2)18)20-15(19)13-5-3-4-6-14(13)17/h3-7H,8-10H2,1-2H3. The van der Waals surface area contributed by atoms with Gasteiger partial charge < -0.3 is 4.74 Å². The average Bonchev–Trinajstić information content (AvgIpc) is 2.41. The number of carbonyl (C=O) groups is 2. The lowest BCUT2D eigenvalue weighted by Gasteiger charge is -2.33. The van der Waals surface area contributed by atoms with E-state index in [-0.39, 0.29) is 5.78 Å². The van der Waals surface area contributed by atoms with Crippen molar-refractivity contribution in [1.29, 1.82) is 0 Å². The maximum absolute atomic E-state index is 12.3. The smallest absolute Gasteiger partial charge is 0.340 e. The van der Waals surface area contributed by atoms with Crippen molar-refractivity contribution in [3.05, 3.63) is 46.0 Å². The van der Waals surface area contributed by atoms with Crippen molar-refractivity contribution >= 4 is 27.7 Å². The predicted octanol–water partition coefficient (Wildman–Crippen LogP) is 4.06. The van der Waals surface area contributed by atoms with Crippen LogP contribution in [0.3, 0.4) is 0 Å². The van der Waals surface area contributed by atoms with Gasteiger partial charge in [-0.05, 0) is 54.8 Å². The molecule has 3 nitrogen and oxygen atoms in total. The van der Waals surface area contributed by atoms with Crippen molar-refractivity contribution < 1.29 is 14.3 Å². The molecule has 106 valence electrons. The third kappa shape index (κ3) is 3.01. The maximum atomic E-state index is 12.3. The molecule has 0 spiro atoms. The summed E-state index contributed by atoms with van der Waals surface area (Å²) in [6.07, 6.45) is 3.78. The molecule has 0 fully saturated rings. The first-order chi connectivity index (χ1) is 9.44. The van der Waals surface area contributed by atoms with Crippen molar-refractivity contribution in [3.8, 4) is 0 Å². The third-order valence-corrected chi connectivity index (χ3v) is 4.42. The Labute approximate surface area is 127 Å². The van der Waals surface area contributed by atoms with Gasteiger partial charge in [0.15, 0.2) is 11.4 Å². The van der Waals surface area contributed by atoms with Gasteiger partial charge in [-0.25, -0.2) is 4.79 Å². The number of ether oxygens (including phenoxy) is 1. The minimum absolute atomic E-state index is 0.0957. The van der Waals surface area contributed by atoms with Crippen molar-refractivity contribution in [2.24, 2.45) is 0 Å². The first kappa shape index (κ1) is 15.0. The highest BCUT2D eigenvalue weighted by Crippen LogP contribution is 2.33. The van der Waals surface area contributed by atoms with Gasteiger partial charge in [-0.15, -0.1) is 0 Å². The molecule has 0 heterocycles. The van der Waals surface area contributed by atoms with Crippen molar-refractivity contribution in [1.82, 2.24) is 0 Å². The van der Waals surface area contributed by atoms with Gasteiger partial charge in [-0.1, -0.05) is 23.8 Å². The van der Waals surface area contributed by atoms with E-state index in [9.17, 15) is 9.59 Å². The largest absolute Gasteiger partial charge is 0.447 e. The Hall–Kier alpha value is -1.42. The summed E-state index contributed by atoms with van der Waals surface area (Å²) in [6, 6.07) is 7.06. The molecular formula is C16H17BrO3. The second-order valence-electron chi connectivity index (χ2n) is 5.17. The van der Waals surface area contributed by atoms with Crippen LogP contribution in [-0.4, -0.2) is 17.4 Å². The molecule has 0 aromatic heterocycles. The fraction of sp³-hybridized carbons (Fsp3) is 0.375. The predicted molar refractivity (Wildman–Crippen MR) is 80.6 cm³/mol. The highest BCUT2D eigenvalue weighted by Gasteiger charge is 2.40. The number of hydrogen-bond donors (Lipinski definition) is 0. The number of esters is 1. The van der Waals surface area contributed by atoms with Crippen molar-refractivity contribution in [2.75, 3.05) is 0 Å². The molecule has 2 rings (SSSR count). The Kier molecular flexibility index (Phi) is 4.43. The Bertz CT molecular complexity index is 577. The van der Waals surface area contributed by atoms with Gasteiger partial charge in [-0.2, -0.15) is 0 Å². The quantitative estimate of drug-likeness (QED) is 0.617. The number of Topliss-reactive ketones (excluding diaryl/α,β-unsaturated/α-hetero) is 1. The molecule has 0 radical (unpaired) electrons. The number of halogens is 1. The van der Waals surface area contributed by atoms with Crippen LogP contribution in [-0.2, 0) is 9.53 Å². The summed E-state index contributed by atoms with van der Waals surface area (Å²) in [5.41, 5.74) is 0.671. The minimum atomic E-state index is -1.01. The van der Waals surface area contributed by atoms with Crippen LogP contribution < -0.4 is 0 Å². The van der Waals surface area contributed by atoms with E-state index in [0.717, 1.165) is 6.42 Å². The molecular weight excluding hydrogens is 320 g/mol. The van der Waals surface area contributed by atoms with E-state index in [1.807, 2.05) is 19.1 Å². The molecule has 0 amide bonds. The van der Waals surface area contributed by atoms with E-state index >= 15 is 0 Å². The SMILES string of the molecule is CC(=O)C1(OC(=O)c2ccccc2Br)CC=C(C)CC1. The third-order valence-electron chi connectivity index (χ3n) is 3.73. The first-order valence-electron chi connectivity index (χ1n) is 6.59. The van der Waals surface area contributed by atoms with Crippen molar-refractivity contribution in [2.45, 2.75) is 38.7 Å². The van der Waals surface area contributed by atoms with Crippen LogP contribution in [0.25, 0.3) is 0 Å². The average molecular weight is 337 g/mol. The second-order valence-corrected chi connectivity index (χ2v) is 6.03. The Morgan fingerprint density at radius 3 is 2.55 bits per heavy atom. The zero-order valence-electron chi connectivity index (χ0n) is 11.6. The number of carbonyl (C=O) groups excluding carboxylic acids is 2. The summed E-state index contributed by atoms with van der Waals surface area (Å²) >= 11 is 3.33. The zero-order valence-corrected chi connectivity index (χ0v) is 13.2. The Balaban J connectivity index is 2.24. The van der Waals surface area contributed by atoms with E-state index in [2.05, 4.69) is 15.9 Å². The fourth-order valence-corrected chi connectivity index (χ4v) is 2.73. The van der Waals surface area contributed by atoms with Gasteiger partial charge in [0.2, 0.25) is 0 Å². The minimum Gasteiger partial charge on any atom is -0.447 e. The number of ketones is 1. The Morgan fingerprint density at radius 1 is 1.30 bits per heavy atom. The molecule has 1 unspecified atom stereocenters. The van der Waals surface area contributed by atoms with E-state index in [1.165, 1.54) is 12.5 Å². The highest BCUT2D eigenvalue weighted by atomic mass is 79.9. The molecule has 4 heteroatoms. The molecule has 1 aromatic carbocycles. The van der Waals surface area contributed by atoms with E-state index in [1.54, 1.807) is 18.2 Å². The van der Waals surface area contributed by atoms with E-state index in [4.69, 9.17) is 4.74 Å². The number of allylic oxidation sites excluding steroid dienone is 1. The van der Waals surface area contributed by atoms with Gasteiger partial charge in [-0.3, -0.25) is 4.79 Å². The molecule has 1 atom stereocenters. The molecule has 0 saturated carbocycles. The first-order valence-corrected chi connectivity index (χ1v) is 7.38. The topological polar surface area (TPSA) is 43.4 Å². The molecule has 0 bridgehead atoms. The van der Waals surface area contributed by atoms with Gasteiger partial charge >= 0.3 is 5.97 Å². The fourth-order valence-electron chi connectivity index (χ4n) is 2.29. The highest BCUT2D eigenvalue weighted by molar-refractivity contribution is 9.10. The lowest BCUT2D eigenvalue weighted by atomic mass is 9.83. The summed E-state index contributed by atoms with van der Waals surface area (Å²) in [5, 5.41) is 0. The van der Waals surface area contributed by atoms with Gasteiger partial charge in [0.25, 0.3) is 0 Å². The molecule has 20 heavy (non-hydrogen) atoms. The maximum Gasteiger partial charge on any atom is 0.340 e. The number of rotatable bonds is 3. The van der Waals surface area contributed by atoms with Crippen LogP contribution in [0.1, 0.15) is 43.5 Å². The van der Waals surface area contributed by atoms with Crippen LogP contribution in [0.5, 0.6) is 0 Å². The summed E-state index contributed by atoms with van der Waals surface area (Å²) < 4.78 is 6.26. The summed E-state index contributed by atoms with van der Waals surface area (Å²) in [4.78, 5) is 24.3. The van der Waals surface area contributed by atoms with Crippen LogP contribution in [0, 0.1) is 0 Å². The van der Waals surface area contributed by atoms with E-state index < -0.39 is 11.6 Å². The summed E-state index contributed by atoms with van der Waals surface area (Å²) in [5.74, 6) is -0.553. The molecule has 1 aliphatic rings. The molecule has 0 N–H and O–H groups in total.